The monoisotopic (exact) mass is 361 g/mol. The molecule has 1 unspecified atom stereocenters. The van der Waals surface area contributed by atoms with Crippen LogP contribution in [0.1, 0.15) is 27.7 Å². The van der Waals surface area contributed by atoms with Crippen LogP contribution in [0.25, 0.3) is 0 Å². The highest BCUT2D eigenvalue weighted by molar-refractivity contribution is 5.92. The van der Waals surface area contributed by atoms with Crippen LogP contribution in [-0.2, 0) is 6.54 Å². The first-order valence-electron chi connectivity index (χ1n) is 9.19. The van der Waals surface area contributed by atoms with Crippen molar-refractivity contribution in [2.45, 2.75) is 12.6 Å². The van der Waals surface area contributed by atoms with E-state index in [0.29, 0.717) is 18.8 Å². The lowest BCUT2D eigenvalue weighted by Gasteiger charge is -2.40. The number of rotatable bonds is 4. The molecule has 0 saturated carbocycles. The van der Waals surface area contributed by atoms with E-state index in [1.54, 1.807) is 10.9 Å². The summed E-state index contributed by atoms with van der Waals surface area (Å²) in [4.78, 5) is 17.3. The second kappa shape index (κ2) is 7.72. The number of carbonyl (C=O) groups is 1. The fourth-order valence-electron chi connectivity index (χ4n) is 3.51. The van der Waals surface area contributed by atoms with Crippen LogP contribution in [0.4, 0.5) is 0 Å². The van der Waals surface area contributed by atoms with Crippen LogP contribution in [-0.4, -0.2) is 57.4 Å². The highest BCUT2D eigenvalue weighted by atomic mass is 16.2. The lowest BCUT2D eigenvalue weighted by molar-refractivity contribution is 0.0492. The van der Waals surface area contributed by atoms with Crippen LogP contribution in [0.5, 0.6) is 0 Å². The van der Waals surface area contributed by atoms with E-state index in [2.05, 4.69) is 34.4 Å². The molecule has 2 heterocycles. The molecule has 138 valence electrons. The molecule has 1 fully saturated rings. The predicted octanol–water partition coefficient (Wildman–Crippen LogP) is 2.46. The number of hydrogen-bond acceptors (Lipinski definition) is 4. The summed E-state index contributed by atoms with van der Waals surface area (Å²) in [5.41, 5.74) is 2.67. The summed E-state index contributed by atoms with van der Waals surface area (Å²) >= 11 is 0. The molecule has 27 heavy (non-hydrogen) atoms. The van der Waals surface area contributed by atoms with Gasteiger partial charge in [-0.25, -0.2) is 4.68 Å². The minimum Gasteiger partial charge on any atom is -0.328 e. The van der Waals surface area contributed by atoms with Gasteiger partial charge >= 0.3 is 0 Å². The van der Waals surface area contributed by atoms with E-state index in [1.165, 1.54) is 0 Å². The van der Waals surface area contributed by atoms with Crippen molar-refractivity contribution in [2.75, 3.05) is 26.7 Å². The molecule has 1 saturated heterocycles. The van der Waals surface area contributed by atoms with Gasteiger partial charge in [-0.2, -0.15) is 0 Å². The van der Waals surface area contributed by atoms with E-state index in [0.717, 1.165) is 24.2 Å². The number of amides is 1. The molecule has 3 aromatic rings. The summed E-state index contributed by atoms with van der Waals surface area (Å²) in [7, 11) is 2.09. The Hall–Kier alpha value is -2.99. The number of nitrogens with zero attached hydrogens (tertiary/aromatic N) is 5. The second-order valence-electron chi connectivity index (χ2n) is 6.97. The van der Waals surface area contributed by atoms with Crippen molar-refractivity contribution in [1.82, 2.24) is 24.8 Å². The van der Waals surface area contributed by atoms with E-state index in [-0.39, 0.29) is 11.9 Å². The molecule has 0 radical (unpaired) electrons. The lowest BCUT2D eigenvalue weighted by Crippen LogP contribution is -2.49. The van der Waals surface area contributed by atoms with Gasteiger partial charge in [-0.15, -0.1) is 5.10 Å². The maximum Gasteiger partial charge on any atom is 0.276 e. The maximum absolute atomic E-state index is 13.1. The van der Waals surface area contributed by atoms with Gasteiger partial charge < -0.3 is 9.80 Å². The van der Waals surface area contributed by atoms with Crippen LogP contribution < -0.4 is 0 Å². The Kier molecular flexibility index (Phi) is 4.98. The molecule has 6 heteroatoms. The summed E-state index contributed by atoms with van der Waals surface area (Å²) in [5, 5.41) is 8.29. The van der Waals surface area contributed by atoms with Crippen molar-refractivity contribution < 1.29 is 4.79 Å². The highest BCUT2D eigenvalue weighted by Crippen LogP contribution is 2.26. The second-order valence-corrected chi connectivity index (χ2v) is 6.97. The van der Waals surface area contributed by atoms with Gasteiger partial charge in [0.2, 0.25) is 0 Å². The summed E-state index contributed by atoms with van der Waals surface area (Å²) in [6.07, 6.45) is 1.75. The van der Waals surface area contributed by atoms with E-state index < -0.39 is 0 Å². The van der Waals surface area contributed by atoms with E-state index in [1.807, 2.05) is 53.4 Å². The van der Waals surface area contributed by atoms with Gasteiger partial charge in [0.1, 0.15) is 0 Å². The SMILES string of the molecule is CN1CCN(C(=O)c2cn(Cc3ccccc3)nn2)C(c2ccccc2)C1. The molecule has 1 aliphatic rings. The van der Waals surface area contributed by atoms with Crippen molar-refractivity contribution in [3.63, 3.8) is 0 Å². The highest BCUT2D eigenvalue weighted by Gasteiger charge is 2.32. The number of aromatic nitrogens is 3. The summed E-state index contributed by atoms with van der Waals surface area (Å²) in [6.45, 7) is 2.95. The summed E-state index contributed by atoms with van der Waals surface area (Å²) in [5.74, 6) is -0.0590. The largest absolute Gasteiger partial charge is 0.328 e. The smallest absolute Gasteiger partial charge is 0.276 e. The number of carbonyl (C=O) groups excluding carboxylic acids is 1. The quantitative estimate of drug-likeness (QED) is 0.716. The first-order chi connectivity index (χ1) is 13.2. The molecule has 1 atom stereocenters. The number of hydrogen-bond donors (Lipinski definition) is 0. The Balaban J connectivity index is 1.54. The third kappa shape index (κ3) is 3.90. The molecule has 1 aliphatic heterocycles. The normalized spacial score (nSPS) is 17.8. The Morgan fingerprint density at radius 1 is 1.04 bits per heavy atom. The molecule has 1 amide bonds. The van der Waals surface area contributed by atoms with Crippen molar-refractivity contribution in [2.24, 2.45) is 0 Å². The molecule has 1 aromatic heterocycles. The minimum atomic E-state index is -0.0590. The predicted molar refractivity (Wildman–Crippen MR) is 103 cm³/mol. The standard InChI is InChI=1S/C21H23N5O/c1-24-12-13-26(20(16-24)18-10-6-3-7-11-18)21(27)19-15-25(23-22-19)14-17-8-4-2-5-9-17/h2-11,15,20H,12-14,16H2,1H3. The van der Waals surface area contributed by atoms with Gasteiger partial charge in [-0.3, -0.25) is 4.79 Å². The Morgan fingerprint density at radius 2 is 1.74 bits per heavy atom. The van der Waals surface area contributed by atoms with Gasteiger partial charge in [0.25, 0.3) is 5.91 Å². The number of piperazine rings is 1. The van der Waals surface area contributed by atoms with Crippen LogP contribution in [0, 0.1) is 0 Å². The lowest BCUT2D eigenvalue weighted by atomic mass is 10.0. The van der Waals surface area contributed by atoms with Crippen molar-refractivity contribution in [1.29, 1.82) is 0 Å². The van der Waals surface area contributed by atoms with Gasteiger partial charge in [0.05, 0.1) is 18.8 Å². The molecule has 0 N–H and O–H groups in total. The Bertz CT molecular complexity index is 893. The molecule has 4 rings (SSSR count). The molecule has 0 bridgehead atoms. The van der Waals surface area contributed by atoms with Gasteiger partial charge in [-0.05, 0) is 18.2 Å². The van der Waals surface area contributed by atoms with E-state index in [4.69, 9.17) is 0 Å². The van der Waals surface area contributed by atoms with E-state index >= 15 is 0 Å². The summed E-state index contributed by atoms with van der Waals surface area (Å²) < 4.78 is 1.72. The van der Waals surface area contributed by atoms with Crippen LogP contribution in [0.3, 0.4) is 0 Å². The molecular formula is C21H23N5O. The summed E-state index contributed by atoms with van der Waals surface area (Å²) in [6, 6.07) is 20.3. The van der Waals surface area contributed by atoms with Crippen LogP contribution in [0.15, 0.2) is 66.9 Å². The Morgan fingerprint density at radius 3 is 2.48 bits per heavy atom. The zero-order chi connectivity index (χ0) is 18.6. The van der Waals surface area contributed by atoms with Crippen molar-refractivity contribution >= 4 is 5.91 Å². The fraction of sp³-hybridized carbons (Fsp3) is 0.286. The van der Waals surface area contributed by atoms with Crippen molar-refractivity contribution in [3.8, 4) is 0 Å². The van der Waals surface area contributed by atoms with Gasteiger partial charge in [-0.1, -0.05) is 65.9 Å². The molecule has 0 spiro atoms. The molecule has 2 aromatic carbocycles. The van der Waals surface area contributed by atoms with Crippen LogP contribution >= 0.6 is 0 Å². The zero-order valence-corrected chi connectivity index (χ0v) is 15.4. The number of benzene rings is 2. The number of likely N-dealkylation sites (N-methyl/N-ethyl adjacent to an activating group) is 1. The Labute approximate surface area is 159 Å². The third-order valence-electron chi connectivity index (χ3n) is 4.97. The zero-order valence-electron chi connectivity index (χ0n) is 15.4. The van der Waals surface area contributed by atoms with Crippen LogP contribution in [0.2, 0.25) is 0 Å². The maximum atomic E-state index is 13.1. The average Bonchev–Trinajstić information content (AvgIpc) is 3.17. The average molecular weight is 361 g/mol. The first-order valence-corrected chi connectivity index (χ1v) is 9.19. The minimum absolute atomic E-state index is 0.0247. The molecule has 6 nitrogen and oxygen atoms in total. The van der Waals surface area contributed by atoms with Gasteiger partial charge in [0.15, 0.2) is 5.69 Å². The first kappa shape index (κ1) is 17.4. The topological polar surface area (TPSA) is 54.3 Å². The van der Waals surface area contributed by atoms with Crippen molar-refractivity contribution in [3.05, 3.63) is 83.7 Å². The van der Waals surface area contributed by atoms with E-state index in [9.17, 15) is 4.79 Å². The molecule has 0 aliphatic carbocycles. The van der Waals surface area contributed by atoms with Gasteiger partial charge in [0, 0.05) is 19.6 Å². The molecular weight excluding hydrogens is 338 g/mol. The third-order valence-corrected chi connectivity index (χ3v) is 4.97. The fourth-order valence-corrected chi connectivity index (χ4v) is 3.51.